The molecule has 0 bridgehead atoms. The lowest BCUT2D eigenvalue weighted by Crippen LogP contribution is -2.21. The Bertz CT molecular complexity index is 1040. The zero-order chi connectivity index (χ0) is 17.3. The summed E-state index contributed by atoms with van der Waals surface area (Å²) in [7, 11) is 1.59. The van der Waals surface area contributed by atoms with Crippen LogP contribution in [-0.4, -0.2) is 20.8 Å². The van der Waals surface area contributed by atoms with Crippen LogP contribution in [0.5, 0.6) is 5.75 Å². The molecule has 0 aliphatic carbocycles. The van der Waals surface area contributed by atoms with Crippen LogP contribution >= 0.6 is 0 Å². The fourth-order valence-corrected chi connectivity index (χ4v) is 2.48. The first-order valence-electron chi connectivity index (χ1n) is 7.09. The van der Waals surface area contributed by atoms with Gasteiger partial charge in [-0.05, 0) is 18.2 Å². The number of pyridine rings is 1. The van der Waals surface area contributed by atoms with Crippen LogP contribution < -0.4 is 5.56 Å². The average Bonchev–Trinajstić information content (AvgIpc) is 2.60. The van der Waals surface area contributed by atoms with Gasteiger partial charge in [-0.3, -0.25) is 14.9 Å². The van der Waals surface area contributed by atoms with E-state index in [0.29, 0.717) is 10.9 Å². The molecule has 3 rings (SSSR count). The van der Waals surface area contributed by atoms with E-state index in [1.165, 1.54) is 22.8 Å². The maximum Gasteiger partial charge on any atom is 0.294 e. The minimum atomic E-state index is -0.551. The molecular formula is C17H13N3O4. The lowest BCUT2D eigenvalue weighted by atomic mass is 10.1. The van der Waals surface area contributed by atoms with Crippen molar-refractivity contribution < 1.29 is 10.0 Å². The molecule has 0 saturated heterocycles. The van der Waals surface area contributed by atoms with Crippen molar-refractivity contribution in [2.24, 2.45) is 12.0 Å². The van der Waals surface area contributed by atoms with Crippen LogP contribution in [0.1, 0.15) is 5.56 Å². The second-order valence-electron chi connectivity index (χ2n) is 5.15. The molecule has 7 nitrogen and oxygen atoms in total. The number of nitro benzene ring substituents is 1. The Morgan fingerprint density at radius 2 is 1.83 bits per heavy atom. The Kier molecular flexibility index (Phi) is 3.83. The van der Waals surface area contributed by atoms with Crippen molar-refractivity contribution in [3.8, 4) is 5.75 Å². The molecule has 0 aliphatic heterocycles. The number of nitrogens with zero attached hydrogens (tertiary/aromatic N) is 3. The van der Waals surface area contributed by atoms with Gasteiger partial charge in [-0.15, -0.1) is 0 Å². The Morgan fingerprint density at radius 3 is 2.58 bits per heavy atom. The van der Waals surface area contributed by atoms with Crippen molar-refractivity contribution in [3.05, 3.63) is 74.6 Å². The highest BCUT2D eigenvalue weighted by molar-refractivity contribution is 5.95. The number of rotatable bonds is 3. The normalized spacial score (nSPS) is 11.2. The van der Waals surface area contributed by atoms with Gasteiger partial charge in [0, 0.05) is 24.7 Å². The molecule has 0 amide bonds. The Labute approximate surface area is 136 Å². The predicted molar refractivity (Wildman–Crippen MR) is 91.2 cm³/mol. The van der Waals surface area contributed by atoms with Gasteiger partial charge in [-0.1, -0.05) is 24.3 Å². The van der Waals surface area contributed by atoms with Gasteiger partial charge < -0.3 is 9.67 Å². The van der Waals surface area contributed by atoms with E-state index in [1.54, 1.807) is 37.4 Å². The van der Waals surface area contributed by atoms with Crippen LogP contribution in [0, 0.1) is 10.1 Å². The van der Waals surface area contributed by atoms with E-state index in [9.17, 15) is 20.0 Å². The molecule has 0 spiro atoms. The molecule has 1 N–H and O–H groups in total. The molecule has 3 aromatic rings. The van der Waals surface area contributed by atoms with Crippen LogP contribution in [0.3, 0.4) is 0 Å². The lowest BCUT2D eigenvalue weighted by molar-refractivity contribution is -0.384. The van der Waals surface area contributed by atoms with Crippen molar-refractivity contribution in [2.45, 2.75) is 0 Å². The molecule has 0 unspecified atom stereocenters. The maximum absolute atomic E-state index is 12.4. The minimum absolute atomic E-state index is 0.0191. The summed E-state index contributed by atoms with van der Waals surface area (Å²) >= 11 is 0. The number of hydrogen-bond acceptors (Lipinski definition) is 5. The SMILES string of the molecule is Cn1c(=O)c(C=Nc2ccccc2[N+](=O)[O-])c(O)c2ccccc21. The first-order valence-corrected chi connectivity index (χ1v) is 7.09. The Morgan fingerprint density at radius 1 is 1.17 bits per heavy atom. The van der Waals surface area contributed by atoms with Gasteiger partial charge in [0.2, 0.25) is 0 Å². The summed E-state index contributed by atoms with van der Waals surface area (Å²) in [5, 5.41) is 21.9. The molecule has 2 aromatic carbocycles. The summed E-state index contributed by atoms with van der Waals surface area (Å²) in [6.45, 7) is 0. The number of para-hydroxylation sites is 3. The smallest absolute Gasteiger partial charge is 0.294 e. The van der Waals surface area contributed by atoms with Crippen LogP contribution in [0.2, 0.25) is 0 Å². The highest BCUT2D eigenvalue weighted by atomic mass is 16.6. The average molecular weight is 323 g/mol. The van der Waals surface area contributed by atoms with E-state index >= 15 is 0 Å². The molecule has 120 valence electrons. The third kappa shape index (κ3) is 2.52. The number of nitro groups is 1. The van der Waals surface area contributed by atoms with Gasteiger partial charge in [0.15, 0.2) is 0 Å². The number of hydrogen-bond donors (Lipinski definition) is 1. The predicted octanol–water partition coefficient (Wildman–Crippen LogP) is 2.90. The highest BCUT2D eigenvalue weighted by Gasteiger charge is 2.14. The van der Waals surface area contributed by atoms with Gasteiger partial charge in [-0.2, -0.15) is 0 Å². The van der Waals surface area contributed by atoms with Gasteiger partial charge >= 0.3 is 0 Å². The van der Waals surface area contributed by atoms with Crippen LogP contribution in [0.25, 0.3) is 10.9 Å². The summed E-state index contributed by atoms with van der Waals surface area (Å²) in [5.74, 6) is -0.198. The van der Waals surface area contributed by atoms with E-state index in [2.05, 4.69) is 4.99 Å². The minimum Gasteiger partial charge on any atom is -0.506 e. The number of aromatic hydroxyl groups is 1. The topological polar surface area (TPSA) is 97.7 Å². The Balaban J connectivity index is 2.18. The van der Waals surface area contributed by atoms with E-state index < -0.39 is 10.5 Å². The second kappa shape index (κ2) is 5.96. The molecule has 0 atom stereocenters. The Hall–Kier alpha value is -3.48. The lowest BCUT2D eigenvalue weighted by Gasteiger charge is -2.09. The van der Waals surface area contributed by atoms with Crippen LogP contribution in [-0.2, 0) is 7.05 Å². The van der Waals surface area contributed by atoms with E-state index in [0.717, 1.165) is 6.21 Å². The zero-order valence-electron chi connectivity index (χ0n) is 12.7. The summed E-state index contributed by atoms with van der Waals surface area (Å²) in [6.07, 6.45) is 1.16. The van der Waals surface area contributed by atoms with Gasteiger partial charge in [0.05, 0.1) is 10.4 Å². The zero-order valence-corrected chi connectivity index (χ0v) is 12.7. The number of aryl methyl sites for hydroxylation is 1. The van der Waals surface area contributed by atoms with Gasteiger partial charge in [-0.25, -0.2) is 4.99 Å². The van der Waals surface area contributed by atoms with E-state index in [4.69, 9.17) is 0 Å². The van der Waals surface area contributed by atoms with Crippen molar-refractivity contribution >= 4 is 28.5 Å². The molecular weight excluding hydrogens is 310 g/mol. The van der Waals surface area contributed by atoms with Crippen molar-refractivity contribution in [3.63, 3.8) is 0 Å². The molecule has 0 fully saturated rings. The van der Waals surface area contributed by atoms with Crippen molar-refractivity contribution in [1.82, 2.24) is 4.57 Å². The monoisotopic (exact) mass is 323 g/mol. The largest absolute Gasteiger partial charge is 0.506 e. The maximum atomic E-state index is 12.4. The summed E-state index contributed by atoms with van der Waals surface area (Å²) in [6, 6.07) is 12.9. The number of aromatic nitrogens is 1. The quantitative estimate of drug-likeness (QED) is 0.455. The molecule has 1 heterocycles. The summed E-state index contributed by atoms with van der Waals surface area (Å²) < 4.78 is 1.40. The van der Waals surface area contributed by atoms with Crippen molar-refractivity contribution in [2.75, 3.05) is 0 Å². The van der Waals surface area contributed by atoms with Crippen molar-refractivity contribution in [1.29, 1.82) is 0 Å². The molecule has 7 heteroatoms. The van der Waals surface area contributed by atoms with Crippen LogP contribution in [0.15, 0.2) is 58.3 Å². The molecule has 24 heavy (non-hydrogen) atoms. The highest BCUT2D eigenvalue weighted by Crippen LogP contribution is 2.28. The number of benzene rings is 2. The molecule has 0 aliphatic rings. The number of aliphatic imine (C=N–C) groups is 1. The molecule has 1 aromatic heterocycles. The summed E-state index contributed by atoms with van der Waals surface area (Å²) in [5.41, 5.74) is 0.0636. The van der Waals surface area contributed by atoms with Gasteiger partial charge in [0.1, 0.15) is 17.0 Å². The first kappa shape index (κ1) is 15.4. The first-order chi connectivity index (χ1) is 11.5. The van der Waals surface area contributed by atoms with Gasteiger partial charge in [0.25, 0.3) is 11.2 Å². The molecule has 0 saturated carbocycles. The standard InChI is InChI=1S/C17H13N3O4/c1-19-14-8-4-2-6-11(14)16(21)12(17(19)22)10-18-13-7-3-5-9-15(13)20(23)24/h2-10,21H,1H3. The fraction of sp³-hybridized carbons (Fsp3) is 0.0588. The third-order valence-corrected chi connectivity index (χ3v) is 3.72. The number of fused-ring (bicyclic) bond motifs is 1. The van der Waals surface area contributed by atoms with E-state index in [-0.39, 0.29) is 22.7 Å². The van der Waals surface area contributed by atoms with E-state index in [1.807, 2.05) is 0 Å². The second-order valence-corrected chi connectivity index (χ2v) is 5.15. The van der Waals surface area contributed by atoms with Crippen LogP contribution in [0.4, 0.5) is 11.4 Å². The molecule has 0 radical (unpaired) electrons. The summed E-state index contributed by atoms with van der Waals surface area (Å²) in [4.78, 5) is 26.9. The third-order valence-electron chi connectivity index (χ3n) is 3.72. The fourth-order valence-electron chi connectivity index (χ4n) is 2.48.